The molecule has 1 aliphatic carbocycles. The van der Waals surface area contributed by atoms with Gasteiger partial charge >= 0.3 is 12.0 Å². The van der Waals surface area contributed by atoms with E-state index < -0.39 is 11.9 Å². The Bertz CT molecular complexity index is 368. The van der Waals surface area contributed by atoms with Crippen LogP contribution < -0.4 is 5.32 Å². The molecule has 2 unspecified atom stereocenters. The van der Waals surface area contributed by atoms with Gasteiger partial charge in [0.05, 0.1) is 5.92 Å². The zero-order valence-electron chi connectivity index (χ0n) is 11.8. The third-order valence-electron chi connectivity index (χ3n) is 4.63. The lowest BCUT2D eigenvalue weighted by Crippen LogP contribution is -2.51. The predicted octanol–water partition coefficient (Wildman–Crippen LogP) is 2.07. The first-order chi connectivity index (χ1) is 8.90. The molecule has 0 spiro atoms. The average molecular weight is 268 g/mol. The fraction of sp³-hybridized carbons (Fsp3) is 0.857. The van der Waals surface area contributed by atoms with Crippen molar-refractivity contribution in [2.45, 2.75) is 52.0 Å². The lowest BCUT2D eigenvalue weighted by molar-refractivity contribution is -0.141. The monoisotopic (exact) mass is 268 g/mol. The first kappa shape index (κ1) is 14.2. The van der Waals surface area contributed by atoms with Crippen molar-refractivity contribution >= 4 is 12.0 Å². The zero-order chi connectivity index (χ0) is 14.0. The molecule has 1 saturated heterocycles. The quantitative estimate of drug-likeness (QED) is 0.805. The highest BCUT2D eigenvalue weighted by Gasteiger charge is 2.36. The Morgan fingerprint density at radius 1 is 1.26 bits per heavy atom. The third kappa shape index (κ3) is 3.19. The Morgan fingerprint density at radius 2 is 2.00 bits per heavy atom. The van der Waals surface area contributed by atoms with E-state index >= 15 is 0 Å². The molecule has 2 rings (SSSR count). The molecule has 2 amide bonds. The van der Waals surface area contributed by atoms with E-state index in [0.29, 0.717) is 19.5 Å². The summed E-state index contributed by atoms with van der Waals surface area (Å²) < 4.78 is 0. The number of amides is 2. The molecule has 5 heteroatoms. The number of carbonyl (C=O) groups is 2. The number of carboxylic acid groups (broad SMARTS) is 1. The summed E-state index contributed by atoms with van der Waals surface area (Å²) >= 11 is 0. The van der Waals surface area contributed by atoms with Crippen molar-refractivity contribution in [3.05, 3.63) is 0 Å². The maximum atomic E-state index is 12.2. The standard InChI is InChI=1S/C14H24N2O3/c1-14(2)7-4-3-5-11(14)15-13(19)16-8-6-10(9-16)12(17)18/h10-11H,3-9H2,1-2H3,(H,15,19)(H,17,18). The van der Waals surface area contributed by atoms with Gasteiger partial charge in [-0.05, 0) is 24.7 Å². The fourth-order valence-electron chi connectivity index (χ4n) is 3.15. The maximum Gasteiger partial charge on any atom is 0.317 e. The number of carbonyl (C=O) groups excluding carboxylic acids is 1. The summed E-state index contributed by atoms with van der Waals surface area (Å²) in [4.78, 5) is 24.7. The van der Waals surface area contributed by atoms with Crippen LogP contribution in [0.15, 0.2) is 0 Å². The molecule has 19 heavy (non-hydrogen) atoms. The van der Waals surface area contributed by atoms with Crippen LogP contribution in [0.1, 0.15) is 46.0 Å². The average Bonchev–Trinajstić information content (AvgIpc) is 2.81. The van der Waals surface area contributed by atoms with Crippen molar-refractivity contribution in [2.24, 2.45) is 11.3 Å². The number of urea groups is 1. The Hall–Kier alpha value is -1.26. The SMILES string of the molecule is CC1(C)CCCCC1NC(=O)N1CCC(C(=O)O)C1. The maximum absolute atomic E-state index is 12.2. The molecule has 2 N–H and O–H groups in total. The molecule has 0 bridgehead atoms. The normalized spacial score (nSPS) is 30.1. The van der Waals surface area contributed by atoms with E-state index in [9.17, 15) is 9.59 Å². The van der Waals surface area contributed by atoms with Gasteiger partial charge in [-0.3, -0.25) is 4.79 Å². The molecule has 2 fully saturated rings. The van der Waals surface area contributed by atoms with Crippen LogP contribution >= 0.6 is 0 Å². The van der Waals surface area contributed by atoms with E-state index in [-0.39, 0.29) is 17.5 Å². The van der Waals surface area contributed by atoms with Crippen molar-refractivity contribution in [2.75, 3.05) is 13.1 Å². The Labute approximate surface area is 114 Å². The smallest absolute Gasteiger partial charge is 0.317 e. The molecule has 1 heterocycles. The van der Waals surface area contributed by atoms with Gasteiger partial charge in [0.2, 0.25) is 0 Å². The van der Waals surface area contributed by atoms with Crippen molar-refractivity contribution in [1.29, 1.82) is 0 Å². The van der Waals surface area contributed by atoms with Gasteiger partial charge in [-0.1, -0.05) is 26.7 Å². The molecular weight excluding hydrogens is 244 g/mol. The summed E-state index contributed by atoms with van der Waals surface area (Å²) in [6.07, 6.45) is 5.11. The lowest BCUT2D eigenvalue weighted by Gasteiger charge is -2.39. The molecule has 5 nitrogen and oxygen atoms in total. The number of nitrogens with one attached hydrogen (secondary N) is 1. The van der Waals surface area contributed by atoms with Gasteiger partial charge in [-0.15, -0.1) is 0 Å². The molecule has 2 atom stereocenters. The number of hydrogen-bond donors (Lipinski definition) is 2. The Morgan fingerprint density at radius 3 is 2.58 bits per heavy atom. The summed E-state index contributed by atoms with van der Waals surface area (Å²) in [5, 5.41) is 12.1. The first-order valence-corrected chi connectivity index (χ1v) is 7.18. The zero-order valence-corrected chi connectivity index (χ0v) is 11.8. The van der Waals surface area contributed by atoms with E-state index in [4.69, 9.17) is 5.11 Å². The highest BCUT2D eigenvalue weighted by Crippen LogP contribution is 2.35. The number of carboxylic acids is 1. The van der Waals surface area contributed by atoms with Gasteiger partial charge in [0, 0.05) is 19.1 Å². The molecule has 0 aromatic carbocycles. The summed E-state index contributed by atoms with van der Waals surface area (Å²) in [5.41, 5.74) is 0.139. The second kappa shape index (κ2) is 5.39. The van der Waals surface area contributed by atoms with Crippen LogP contribution in [0, 0.1) is 11.3 Å². The number of hydrogen-bond acceptors (Lipinski definition) is 2. The van der Waals surface area contributed by atoms with Crippen LogP contribution in [0.3, 0.4) is 0 Å². The van der Waals surface area contributed by atoms with Gasteiger partial charge in [0.15, 0.2) is 0 Å². The van der Waals surface area contributed by atoms with E-state index in [1.54, 1.807) is 4.90 Å². The van der Waals surface area contributed by atoms with Crippen LogP contribution in [0.4, 0.5) is 4.79 Å². The first-order valence-electron chi connectivity index (χ1n) is 7.18. The number of likely N-dealkylation sites (tertiary alicyclic amines) is 1. The van der Waals surface area contributed by atoms with Gasteiger partial charge in [0.25, 0.3) is 0 Å². The minimum absolute atomic E-state index is 0.0938. The van der Waals surface area contributed by atoms with Crippen molar-refractivity contribution in [3.63, 3.8) is 0 Å². The van der Waals surface area contributed by atoms with E-state index in [1.165, 1.54) is 6.42 Å². The molecule has 0 radical (unpaired) electrons. The molecular formula is C14H24N2O3. The van der Waals surface area contributed by atoms with Crippen LogP contribution in [-0.2, 0) is 4.79 Å². The van der Waals surface area contributed by atoms with Gasteiger partial charge in [-0.25, -0.2) is 4.79 Å². The van der Waals surface area contributed by atoms with Crippen molar-refractivity contribution < 1.29 is 14.7 Å². The summed E-state index contributed by atoms with van der Waals surface area (Å²) in [7, 11) is 0. The highest BCUT2D eigenvalue weighted by molar-refractivity contribution is 5.77. The molecule has 1 saturated carbocycles. The van der Waals surface area contributed by atoms with Gasteiger partial charge in [0.1, 0.15) is 0 Å². The van der Waals surface area contributed by atoms with Gasteiger partial charge < -0.3 is 15.3 Å². The van der Waals surface area contributed by atoms with Crippen LogP contribution in [0.25, 0.3) is 0 Å². The van der Waals surface area contributed by atoms with Crippen LogP contribution in [0.2, 0.25) is 0 Å². The second-order valence-corrected chi connectivity index (χ2v) is 6.51. The van der Waals surface area contributed by atoms with E-state index in [0.717, 1.165) is 19.3 Å². The van der Waals surface area contributed by atoms with Crippen molar-refractivity contribution in [1.82, 2.24) is 10.2 Å². The summed E-state index contributed by atoms with van der Waals surface area (Å²) in [5.74, 6) is -1.20. The summed E-state index contributed by atoms with van der Waals surface area (Å²) in [6.45, 7) is 5.28. The topological polar surface area (TPSA) is 69.6 Å². The molecule has 108 valence electrons. The van der Waals surface area contributed by atoms with Crippen LogP contribution in [-0.4, -0.2) is 41.1 Å². The van der Waals surface area contributed by atoms with Crippen molar-refractivity contribution in [3.8, 4) is 0 Å². The largest absolute Gasteiger partial charge is 0.481 e. The molecule has 2 aliphatic rings. The highest BCUT2D eigenvalue weighted by atomic mass is 16.4. The van der Waals surface area contributed by atoms with E-state index in [2.05, 4.69) is 19.2 Å². The minimum atomic E-state index is -0.798. The second-order valence-electron chi connectivity index (χ2n) is 6.51. The number of nitrogens with zero attached hydrogens (tertiary/aromatic N) is 1. The van der Waals surface area contributed by atoms with E-state index in [1.807, 2.05) is 0 Å². The number of aliphatic carboxylic acids is 1. The van der Waals surface area contributed by atoms with Gasteiger partial charge in [-0.2, -0.15) is 0 Å². The Balaban J connectivity index is 1.89. The summed E-state index contributed by atoms with van der Waals surface area (Å²) in [6, 6.07) is 0.112. The fourth-order valence-corrected chi connectivity index (χ4v) is 3.15. The molecule has 0 aromatic rings. The van der Waals surface area contributed by atoms with Crippen LogP contribution in [0.5, 0.6) is 0 Å². The Kier molecular flexibility index (Phi) is 4.02. The molecule has 0 aromatic heterocycles. The predicted molar refractivity (Wildman–Crippen MR) is 71.9 cm³/mol. The minimum Gasteiger partial charge on any atom is -0.481 e. The third-order valence-corrected chi connectivity index (χ3v) is 4.63. The lowest BCUT2D eigenvalue weighted by atomic mass is 9.73. The number of rotatable bonds is 2. The molecule has 1 aliphatic heterocycles.